The molecular weight excluding hydrogens is 347 g/mol. The molecule has 0 bridgehead atoms. The van der Waals surface area contributed by atoms with Gasteiger partial charge in [-0.15, -0.1) is 0 Å². The van der Waals surface area contributed by atoms with Crippen LogP contribution in [-0.2, 0) is 7.48 Å². The number of hydrogen-bond acceptors (Lipinski definition) is 2. The second-order valence-electron chi connectivity index (χ2n) is 2.87. The van der Waals surface area contributed by atoms with Crippen LogP contribution in [0.5, 0.6) is 0 Å². The van der Waals surface area contributed by atoms with E-state index in [9.17, 15) is 4.79 Å². The standard InChI is InChI=1S/C3H4O2.3C2H5.Pb/c1-2-3(4)5;3*1-2;/h2H,1H2,(H,4,5);3*1H2,2H3;/q;;;;+1/p-1. The zero-order chi connectivity index (χ0) is 9.61. The zero-order valence-electron chi connectivity index (χ0n) is 8.22. The molecule has 0 amide bonds. The summed E-state index contributed by atoms with van der Waals surface area (Å²) in [7, 11) is 0. The molecule has 0 aromatic heterocycles. The molecule has 0 aliphatic carbocycles. The van der Waals surface area contributed by atoms with Crippen molar-refractivity contribution in [2.24, 2.45) is 0 Å². The molecule has 0 unspecified atom stereocenters. The molecule has 0 saturated carbocycles. The third-order valence-corrected chi connectivity index (χ3v) is 19.9. The SMILES string of the molecule is C=CC(=O)[O][Pb]([CH2]C)([CH2]C)[CH2]C. The van der Waals surface area contributed by atoms with Gasteiger partial charge in [-0.3, -0.25) is 0 Å². The Kier molecular flexibility index (Phi) is 5.79. The molecule has 0 spiro atoms. The molecule has 0 aliphatic rings. The van der Waals surface area contributed by atoms with E-state index in [1.54, 1.807) is 0 Å². The van der Waals surface area contributed by atoms with E-state index < -0.39 is 21.6 Å². The monoisotopic (exact) mass is 366 g/mol. The third kappa shape index (κ3) is 3.25. The van der Waals surface area contributed by atoms with Crippen molar-refractivity contribution in [1.29, 1.82) is 0 Å². The van der Waals surface area contributed by atoms with Crippen LogP contribution >= 0.6 is 0 Å². The summed E-state index contributed by atoms with van der Waals surface area (Å²) in [6, 6.07) is 0. The molecule has 0 aliphatic heterocycles. The molecule has 0 saturated heterocycles. The van der Waals surface area contributed by atoms with Gasteiger partial charge in [-0.1, -0.05) is 0 Å². The summed E-state index contributed by atoms with van der Waals surface area (Å²) in [4.78, 5) is 11.0. The van der Waals surface area contributed by atoms with Gasteiger partial charge in [-0.05, 0) is 0 Å². The fourth-order valence-corrected chi connectivity index (χ4v) is 10.7. The molecule has 0 heterocycles. The Bertz CT molecular complexity index is 154. The van der Waals surface area contributed by atoms with Crippen LogP contribution in [0, 0.1) is 0 Å². The quantitative estimate of drug-likeness (QED) is 0.553. The summed E-state index contributed by atoms with van der Waals surface area (Å²) < 4.78 is 8.75. The molecule has 3 heteroatoms. The number of carbonyl (C=O) groups is 1. The molecule has 12 heavy (non-hydrogen) atoms. The van der Waals surface area contributed by atoms with Crippen molar-refractivity contribution in [2.75, 3.05) is 0 Å². The first kappa shape index (κ1) is 12.1. The molecule has 70 valence electrons. The van der Waals surface area contributed by atoms with E-state index in [0.717, 1.165) is 11.9 Å². The number of hydrogen-bond donors (Lipinski definition) is 0. The van der Waals surface area contributed by atoms with Crippen molar-refractivity contribution in [3.63, 3.8) is 0 Å². The Morgan fingerprint density at radius 1 is 1.33 bits per heavy atom. The van der Waals surface area contributed by atoms with E-state index >= 15 is 0 Å². The van der Waals surface area contributed by atoms with E-state index in [2.05, 4.69) is 27.4 Å². The van der Waals surface area contributed by atoms with E-state index in [-0.39, 0.29) is 5.97 Å². The predicted octanol–water partition coefficient (Wildman–Crippen LogP) is 2.72. The van der Waals surface area contributed by atoms with E-state index in [4.69, 9.17) is 2.69 Å². The summed E-state index contributed by atoms with van der Waals surface area (Å²) >= 11 is -2.59. The summed E-state index contributed by atoms with van der Waals surface area (Å²) in [5, 5.41) is 0. The van der Waals surface area contributed by atoms with Crippen molar-refractivity contribution in [3.05, 3.63) is 12.7 Å². The second kappa shape index (κ2) is 5.72. The van der Waals surface area contributed by atoms with Gasteiger partial charge in [0, 0.05) is 0 Å². The van der Waals surface area contributed by atoms with Crippen LogP contribution in [0.2, 0.25) is 11.9 Å². The number of carbonyl (C=O) groups excluding carboxylic acids is 1. The maximum absolute atomic E-state index is 11.0. The van der Waals surface area contributed by atoms with Gasteiger partial charge in [0.05, 0.1) is 0 Å². The van der Waals surface area contributed by atoms with Gasteiger partial charge >= 0.3 is 80.4 Å². The van der Waals surface area contributed by atoms with Crippen LogP contribution in [0.3, 0.4) is 0 Å². The van der Waals surface area contributed by atoms with Gasteiger partial charge in [0.15, 0.2) is 0 Å². The Labute approximate surface area is 80.3 Å². The van der Waals surface area contributed by atoms with Gasteiger partial charge in [0.2, 0.25) is 0 Å². The van der Waals surface area contributed by atoms with Gasteiger partial charge in [-0.2, -0.15) is 0 Å². The molecule has 0 N–H and O–H groups in total. The Balaban J connectivity index is 4.29. The first-order valence-corrected chi connectivity index (χ1v) is 14.3. The van der Waals surface area contributed by atoms with Crippen LogP contribution in [0.1, 0.15) is 20.8 Å². The first-order valence-electron chi connectivity index (χ1n) is 4.49. The fourth-order valence-electron chi connectivity index (χ4n) is 1.22. The van der Waals surface area contributed by atoms with E-state index in [1.807, 2.05) is 0 Å². The first-order chi connectivity index (χ1) is 5.64. The van der Waals surface area contributed by atoms with E-state index in [1.165, 1.54) is 6.08 Å². The van der Waals surface area contributed by atoms with Crippen LogP contribution in [0.25, 0.3) is 0 Å². The average Bonchev–Trinajstić information content (AvgIpc) is 2.14. The summed E-state index contributed by atoms with van der Waals surface area (Å²) in [6.45, 7) is 9.80. The van der Waals surface area contributed by atoms with Gasteiger partial charge in [0.25, 0.3) is 0 Å². The normalized spacial score (nSPS) is 10.9. The summed E-state index contributed by atoms with van der Waals surface area (Å²) in [5.74, 6) is -0.220. The van der Waals surface area contributed by atoms with Crippen molar-refractivity contribution in [3.8, 4) is 0 Å². The molecular formula is C9H18O2Pb. The molecule has 0 radical (unpaired) electrons. The Morgan fingerprint density at radius 3 is 2.00 bits per heavy atom. The average molecular weight is 365 g/mol. The van der Waals surface area contributed by atoms with Gasteiger partial charge in [0.1, 0.15) is 0 Å². The third-order valence-electron chi connectivity index (χ3n) is 2.42. The maximum atomic E-state index is 11.0. The molecule has 0 rings (SSSR count). The topological polar surface area (TPSA) is 26.3 Å². The molecule has 2 nitrogen and oxygen atoms in total. The van der Waals surface area contributed by atoms with Crippen LogP contribution in [0.15, 0.2) is 12.7 Å². The molecule has 0 fully saturated rings. The predicted molar refractivity (Wildman–Crippen MR) is 53.5 cm³/mol. The van der Waals surface area contributed by atoms with Gasteiger partial charge < -0.3 is 0 Å². The van der Waals surface area contributed by atoms with Crippen molar-refractivity contribution >= 4 is 27.6 Å². The zero-order valence-corrected chi connectivity index (χ0v) is 12.1. The fraction of sp³-hybridized carbons (Fsp3) is 0.667. The minimum atomic E-state index is -2.59. The Hall–Kier alpha value is 0.132. The summed E-state index contributed by atoms with van der Waals surface area (Å²) in [6.07, 6.45) is 1.27. The number of rotatable bonds is 5. The van der Waals surface area contributed by atoms with Crippen LogP contribution in [-0.4, -0.2) is 27.6 Å². The molecule has 0 aromatic rings. The van der Waals surface area contributed by atoms with Crippen LogP contribution < -0.4 is 0 Å². The van der Waals surface area contributed by atoms with Crippen molar-refractivity contribution < 1.29 is 7.48 Å². The Morgan fingerprint density at radius 2 is 1.75 bits per heavy atom. The molecule has 0 aromatic carbocycles. The minimum absolute atomic E-state index is 0.220. The van der Waals surface area contributed by atoms with Gasteiger partial charge in [-0.25, -0.2) is 0 Å². The van der Waals surface area contributed by atoms with Crippen molar-refractivity contribution in [1.82, 2.24) is 0 Å². The summed E-state index contributed by atoms with van der Waals surface area (Å²) in [5.41, 5.74) is 0. The van der Waals surface area contributed by atoms with Crippen molar-refractivity contribution in [2.45, 2.75) is 32.7 Å². The molecule has 0 atom stereocenters. The van der Waals surface area contributed by atoms with E-state index in [0.29, 0.717) is 0 Å². The second-order valence-corrected chi connectivity index (χ2v) is 21.1. The van der Waals surface area contributed by atoms with Crippen LogP contribution in [0.4, 0.5) is 0 Å².